The minimum atomic E-state index is -0.504. The average Bonchev–Trinajstić information content (AvgIpc) is 2.25. The van der Waals surface area contributed by atoms with Crippen LogP contribution in [0.25, 0.3) is 0 Å². The fourth-order valence-corrected chi connectivity index (χ4v) is 0.907. The molecule has 1 aliphatic heterocycles. The van der Waals surface area contributed by atoms with Crippen LogP contribution in [0.5, 0.6) is 0 Å². The monoisotopic (exact) mass is 212 g/mol. The summed E-state index contributed by atoms with van der Waals surface area (Å²) in [7, 11) is 0. The Morgan fingerprint density at radius 1 is 1.40 bits per heavy atom. The van der Waals surface area contributed by atoms with Crippen molar-refractivity contribution in [2.45, 2.75) is 6.92 Å². The molecule has 0 saturated carbocycles. The molecule has 0 N–H and O–H groups in total. The Balaban J connectivity index is 2.16. The summed E-state index contributed by atoms with van der Waals surface area (Å²) in [5.74, 6) is -0.395. The maximum atomic E-state index is 11.3. The molecule has 0 unspecified atom stereocenters. The summed E-state index contributed by atoms with van der Waals surface area (Å²) < 4.78 is 9.41. The van der Waals surface area contributed by atoms with Crippen LogP contribution in [0.4, 0.5) is 4.79 Å². The van der Waals surface area contributed by atoms with Gasteiger partial charge in [-0.05, 0) is 6.08 Å². The topological polar surface area (TPSA) is 68.2 Å². The standard InChI is InChI=1S/C9H12N2O4/c1-8(12)14-5-6-15-9(13)11-4-2-3-10-7-11/h2-3,7H,4-6H2,1H3. The Labute approximate surface area is 87.2 Å². The second kappa shape index (κ2) is 5.79. The Morgan fingerprint density at radius 2 is 2.13 bits per heavy atom. The molecule has 0 aromatic carbocycles. The van der Waals surface area contributed by atoms with E-state index in [-0.39, 0.29) is 13.2 Å². The van der Waals surface area contributed by atoms with E-state index in [1.165, 1.54) is 18.2 Å². The zero-order chi connectivity index (χ0) is 11.1. The van der Waals surface area contributed by atoms with Crippen LogP contribution in [0.1, 0.15) is 6.92 Å². The largest absolute Gasteiger partial charge is 0.462 e. The van der Waals surface area contributed by atoms with Crippen molar-refractivity contribution in [2.24, 2.45) is 4.99 Å². The second-order valence-corrected chi connectivity index (χ2v) is 2.76. The molecule has 0 bridgehead atoms. The Morgan fingerprint density at radius 3 is 2.73 bits per heavy atom. The molecular weight excluding hydrogens is 200 g/mol. The van der Waals surface area contributed by atoms with Crippen molar-refractivity contribution in [2.75, 3.05) is 19.8 Å². The predicted molar refractivity (Wildman–Crippen MR) is 52.3 cm³/mol. The Hall–Kier alpha value is -1.85. The van der Waals surface area contributed by atoms with Crippen molar-refractivity contribution in [3.63, 3.8) is 0 Å². The van der Waals surface area contributed by atoms with Crippen LogP contribution < -0.4 is 0 Å². The molecule has 1 heterocycles. The molecule has 15 heavy (non-hydrogen) atoms. The molecular formula is C9H12N2O4. The molecule has 0 saturated heterocycles. The highest BCUT2D eigenvalue weighted by atomic mass is 16.6. The first-order chi connectivity index (χ1) is 7.20. The van der Waals surface area contributed by atoms with Crippen molar-refractivity contribution in [1.29, 1.82) is 0 Å². The lowest BCUT2D eigenvalue weighted by molar-refractivity contribution is -0.142. The molecule has 0 radical (unpaired) electrons. The Kier molecular flexibility index (Phi) is 4.33. The SMILES string of the molecule is CC(=O)OCCOC(=O)N1C=NC=CC1. The quantitative estimate of drug-likeness (QED) is 0.506. The smallest absolute Gasteiger partial charge is 0.415 e. The number of carbonyl (C=O) groups is 2. The third-order valence-corrected chi connectivity index (χ3v) is 1.55. The van der Waals surface area contributed by atoms with Gasteiger partial charge >= 0.3 is 12.1 Å². The third-order valence-electron chi connectivity index (χ3n) is 1.55. The van der Waals surface area contributed by atoms with Gasteiger partial charge in [0.25, 0.3) is 0 Å². The summed E-state index contributed by atoms with van der Waals surface area (Å²) in [5.41, 5.74) is 0. The van der Waals surface area contributed by atoms with Crippen molar-refractivity contribution in [3.8, 4) is 0 Å². The number of carbonyl (C=O) groups excluding carboxylic acids is 2. The molecule has 6 nitrogen and oxygen atoms in total. The van der Waals surface area contributed by atoms with Gasteiger partial charge in [-0.2, -0.15) is 0 Å². The lowest BCUT2D eigenvalue weighted by atomic mass is 10.5. The van der Waals surface area contributed by atoms with Crippen LogP contribution in [0.2, 0.25) is 0 Å². The van der Waals surface area contributed by atoms with Gasteiger partial charge in [0.1, 0.15) is 19.6 Å². The zero-order valence-corrected chi connectivity index (χ0v) is 8.38. The first kappa shape index (κ1) is 11.2. The normalized spacial score (nSPS) is 13.8. The van der Waals surface area contributed by atoms with E-state index in [4.69, 9.17) is 4.74 Å². The summed E-state index contributed by atoms with van der Waals surface area (Å²) in [6.07, 6.45) is 4.21. The summed E-state index contributed by atoms with van der Waals surface area (Å²) in [4.78, 5) is 26.8. The Bertz CT molecular complexity index is 298. The number of amides is 1. The molecule has 1 rings (SSSR count). The molecule has 0 aromatic rings. The highest BCUT2D eigenvalue weighted by Gasteiger charge is 2.12. The molecule has 0 fully saturated rings. The molecule has 0 aromatic heterocycles. The number of hydrogen-bond acceptors (Lipinski definition) is 5. The number of aliphatic imine (C=N–C) groups is 1. The highest BCUT2D eigenvalue weighted by molar-refractivity contribution is 5.83. The van der Waals surface area contributed by atoms with Gasteiger partial charge in [-0.1, -0.05) is 0 Å². The van der Waals surface area contributed by atoms with Crippen LogP contribution in [-0.2, 0) is 14.3 Å². The molecule has 6 heteroatoms. The van der Waals surface area contributed by atoms with E-state index in [0.717, 1.165) is 0 Å². The first-order valence-corrected chi connectivity index (χ1v) is 4.45. The van der Waals surface area contributed by atoms with E-state index in [1.807, 2.05) is 0 Å². The van der Waals surface area contributed by atoms with Gasteiger partial charge < -0.3 is 9.47 Å². The summed E-state index contributed by atoms with van der Waals surface area (Å²) in [6.45, 7) is 1.86. The number of esters is 1. The molecule has 0 spiro atoms. The number of hydrogen-bond donors (Lipinski definition) is 0. The molecule has 0 aliphatic carbocycles. The summed E-state index contributed by atoms with van der Waals surface area (Å²) in [6, 6.07) is 0. The fourth-order valence-electron chi connectivity index (χ4n) is 0.907. The van der Waals surface area contributed by atoms with Gasteiger partial charge in [-0.3, -0.25) is 9.69 Å². The van der Waals surface area contributed by atoms with E-state index in [9.17, 15) is 9.59 Å². The lowest BCUT2D eigenvalue weighted by Crippen LogP contribution is -2.32. The van der Waals surface area contributed by atoms with Gasteiger partial charge in [0.2, 0.25) is 0 Å². The van der Waals surface area contributed by atoms with Crippen LogP contribution in [0.3, 0.4) is 0 Å². The highest BCUT2D eigenvalue weighted by Crippen LogP contribution is 1.96. The lowest BCUT2D eigenvalue weighted by Gasteiger charge is -2.16. The maximum Gasteiger partial charge on any atom is 0.415 e. The third kappa shape index (κ3) is 4.26. The number of ether oxygens (including phenoxy) is 2. The number of nitrogens with zero attached hydrogens (tertiary/aromatic N) is 2. The van der Waals surface area contributed by atoms with Crippen molar-refractivity contribution in [3.05, 3.63) is 12.3 Å². The predicted octanol–water partition coefficient (Wildman–Crippen LogP) is 0.544. The minimum Gasteiger partial charge on any atom is -0.462 e. The average molecular weight is 212 g/mol. The molecule has 82 valence electrons. The van der Waals surface area contributed by atoms with E-state index in [1.54, 1.807) is 12.3 Å². The van der Waals surface area contributed by atoms with Crippen molar-refractivity contribution >= 4 is 18.4 Å². The van der Waals surface area contributed by atoms with Gasteiger partial charge in [-0.15, -0.1) is 0 Å². The van der Waals surface area contributed by atoms with Crippen molar-refractivity contribution < 1.29 is 19.1 Å². The number of rotatable bonds is 3. The van der Waals surface area contributed by atoms with Gasteiger partial charge in [-0.25, -0.2) is 9.79 Å². The van der Waals surface area contributed by atoms with Crippen molar-refractivity contribution in [1.82, 2.24) is 4.90 Å². The van der Waals surface area contributed by atoms with Crippen LogP contribution >= 0.6 is 0 Å². The van der Waals surface area contributed by atoms with Crippen LogP contribution in [-0.4, -0.2) is 43.1 Å². The molecule has 0 atom stereocenters. The first-order valence-electron chi connectivity index (χ1n) is 4.45. The second-order valence-electron chi connectivity index (χ2n) is 2.76. The summed E-state index contributed by atoms with van der Waals surface area (Å²) >= 11 is 0. The van der Waals surface area contributed by atoms with E-state index in [0.29, 0.717) is 6.54 Å². The van der Waals surface area contributed by atoms with Crippen LogP contribution in [0, 0.1) is 0 Å². The van der Waals surface area contributed by atoms with E-state index < -0.39 is 12.1 Å². The molecule has 1 amide bonds. The zero-order valence-electron chi connectivity index (χ0n) is 8.38. The van der Waals surface area contributed by atoms with E-state index >= 15 is 0 Å². The van der Waals surface area contributed by atoms with Crippen LogP contribution in [0.15, 0.2) is 17.3 Å². The van der Waals surface area contributed by atoms with Gasteiger partial charge in [0.05, 0.1) is 0 Å². The fraction of sp³-hybridized carbons (Fsp3) is 0.444. The summed E-state index contributed by atoms with van der Waals surface area (Å²) in [5, 5.41) is 0. The maximum absolute atomic E-state index is 11.3. The molecule has 1 aliphatic rings. The van der Waals surface area contributed by atoms with Gasteiger partial charge in [0, 0.05) is 19.7 Å². The minimum absolute atomic E-state index is 0.0481. The van der Waals surface area contributed by atoms with E-state index in [2.05, 4.69) is 9.73 Å². The van der Waals surface area contributed by atoms with Gasteiger partial charge in [0.15, 0.2) is 0 Å².